The number of hydrogen-bond donors (Lipinski definition) is 1. The standard InChI is InChI=1S/C13H16BrN3OS/c1-9(2)16-6-13-17-11(8-19-13)7-18-12-3-10(14)4-15-5-12/h3-5,8-9,16H,6-7H2,1-2H3. The van der Waals surface area contributed by atoms with E-state index >= 15 is 0 Å². The molecule has 102 valence electrons. The molecular formula is C13H16BrN3OS. The Balaban J connectivity index is 1.86. The summed E-state index contributed by atoms with van der Waals surface area (Å²) in [5.74, 6) is 0.740. The van der Waals surface area contributed by atoms with Crippen LogP contribution in [0.15, 0.2) is 28.3 Å². The van der Waals surface area contributed by atoms with E-state index in [4.69, 9.17) is 4.74 Å². The maximum Gasteiger partial charge on any atom is 0.139 e. The van der Waals surface area contributed by atoms with E-state index in [2.05, 4.69) is 45.1 Å². The van der Waals surface area contributed by atoms with Gasteiger partial charge in [0.05, 0.1) is 11.9 Å². The fourth-order valence-corrected chi connectivity index (χ4v) is 2.49. The Kier molecular flexibility index (Phi) is 5.30. The zero-order valence-corrected chi connectivity index (χ0v) is 13.3. The monoisotopic (exact) mass is 341 g/mol. The molecule has 0 aliphatic rings. The Bertz CT molecular complexity index is 530. The van der Waals surface area contributed by atoms with Gasteiger partial charge in [-0.25, -0.2) is 4.98 Å². The molecule has 0 unspecified atom stereocenters. The van der Waals surface area contributed by atoms with Crippen LogP contribution in [0.3, 0.4) is 0 Å². The smallest absolute Gasteiger partial charge is 0.139 e. The lowest BCUT2D eigenvalue weighted by Crippen LogP contribution is -2.21. The van der Waals surface area contributed by atoms with E-state index in [0.717, 1.165) is 27.5 Å². The van der Waals surface area contributed by atoms with Crippen LogP contribution in [0.1, 0.15) is 24.5 Å². The highest BCUT2D eigenvalue weighted by molar-refractivity contribution is 9.10. The third-order valence-electron chi connectivity index (χ3n) is 2.33. The molecule has 0 aliphatic heterocycles. The highest BCUT2D eigenvalue weighted by Gasteiger charge is 2.04. The second kappa shape index (κ2) is 6.98. The third kappa shape index (κ3) is 4.89. The zero-order valence-electron chi connectivity index (χ0n) is 10.9. The van der Waals surface area contributed by atoms with Crippen molar-refractivity contribution in [3.05, 3.63) is 39.0 Å². The molecule has 0 radical (unpaired) electrons. The van der Waals surface area contributed by atoms with E-state index in [9.17, 15) is 0 Å². The predicted octanol–water partition coefficient (Wildman–Crippen LogP) is 3.38. The lowest BCUT2D eigenvalue weighted by atomic mass is 10.4. The number of halogens is 1. The van der Waals surface area contributed by atoms with Crippen LogP contribution >= 0.6 is 27.3 Å². The van der Waals surface area contributed by atoms with E-state index in [-0.39, 0.29) is 0 Å². The first-order valence-corrected chi connectivity index (χ1v) is 7.71. The molecule has 0 spiro atoms. The fourth-order valence-electron chi connectivity index (χ4n) is 1.42. The molecule has 1 N–H and O–H groups in total. The van der Waals surface area contributed by atoms with Crippen molar-refractivity contribution in [2.24, 2.45) is 0 Å². The number of pyridine rings is 1. The average Bonchev–Trinajstić information content (AvgIpc) is 2.82. The Morgan fingerprint density at radius 3 is 3.00 bits per heavy atom. The van der Waals surface area contributed by atoms with Gasteiger partial charge in [-0.2, -0.15) is 0 Å². The maximum absolute atomic E-state index is 5.64. The summed E-state index contributed by atoms with van der Waals surface area (Å²) in [4.78, 5) is 8.57. The van der Waals surface area contributed by atoms with Gasteiger partial charge in [0.1, 0.15) is 17.4 Å². The molecule has 4 nitrogen and oxygen atoms in total. The zero-order chi connectivity index (χ0) is 13.7. The molecule has 6 heteroatoms. The Morgan fingerprint density at radius 2 is 2.26 bits per heavy atom. The van der Waals surface area contributed by atoms with E-state index in [1.54, 1.807) is 23.7 Å². The van der Waals surface area contributed by atoms with Crippen molar-refractivity contribution in [1.29, 1.82) is 0 Å². The number of hydrogen-bond acceptors (Lipinski definition) is 5. The van der Waals surface area contributed by atoms with Crippen LogP contribution < -0.4 is 10.1 Å². The molecule has 0 saturated carbocycles. The molecule has 0 atom stereocenters. The topological polar surface area (TPSA) is 47.0 Å². The summed E-state index contributed by atoms with van der Waals surface area (Å²) in [5, 5.41) is 6.46. The van der Waals surface area contributed by atoms with Gasteiger partial charge in [0.15, 0.2) is 0 Å². The van der Waals surface area contributed by atoms with Crippen LogP contribution in [0.4, 0.5) is 0 Å². The van der Waals surface area contributed by atoms with Gasteiger partial charge in [0, 0.05) is 28.6 Å². The summed E-state index contributed by atoms with van der Waals surface area (Å²) in [5.41, 5.74) is 0.950. The van der Waals surface area contributed by atoms with Crippen molar-refractivity contribution in [3.63, 3.8) is 0 Å². The molecule has 2 heterocycles. The number of thiazole rings is 1. The summed E-state index contributed by atoms with van der Waals surface area (Å²) < 4.78 is 6.55. The Labute approximate surface area is 125 Å². The molecule has 0 saturated heterocycles. The normalized spacial score (nSPS) is 10.9. The van der Waals surface area contributed by atoms with E-state index in [1.807, 2.05) is 11.4 Å². The number of rotatable bonds is 6. The van der Waals surface area contributed by atoms with Gasteiger partial charge in [-0.05, 0) is 22.0 Å². The molecule has 2 rings (SSSR count). The number of nitrogens with one attached hydrogen (secondary N) is 1. The SMILES string of the molecule is CC(C)NCc1nc(COc2cncc(Br)c2)cs1. The van der Waals surface area contributed by atoms with Gasteiger partial charge >= 0.3 is 0 Å². The number of nitrogens with zero attached hydrogens (tertiary/aromatic N) is 2. The highest BCUT2D eigenvalue weighted by atomic mass is 79.9. The average molecular weight is 342 g/mol. The first kappa shape index (κ1) is 14.4. The lowest BCUT2D eigenvalue weighted by molar-refractivity contribution is 0.300. The van der Waals surface area contributed by atoms with E-state index in [0.29, 0.717) is 12.6 Å². The highest BCUT2D eigenvalue weighted by Crippen LogP contribution is 2.18. The van der Waals surface area contributed by atoms with E-state index < -0.39 is 0 Å². The van der Waals surface area contributed by atoms with Gasteiger partial charge in [-0.1, -0.05) is 13.8 Å². The van der Waals surface area contributed by atoms with Crippen molar-refractivity contribution >= 4 is 27.3 Å². The fraction of sp³-hybridized carbons (Fsp3) is 0.385. The molecule has 0 aliphatic carbocycles. The summed E-state index contributed by atoms with van der Waals surface area (Å²) in [6.45, 7) is 5.52. The largest absolute Gasteiger partial charge is 0.486 e. The van der Waals surface area contributed by atoms with E-state index in [1.165, 1.54) is 0 Å². The first-order valence-electron chi connectivity index (χ1n) is 6.03. The Hall–Kier alpha value is -0.980. The van der Waals surface area contributed by atoms with Crippen molar-refractivity contribution in [2.75, 3.05) is 0 Å². The lowest BCUT2D eigenvalue weighted by Gasteiger charge is -2.05. The predicted molar refractivity (Wildman–Crippen MR) is 80.4 cm³/mol. The van der Waals surface area contributed by atoms with Crippen LogP contribution in [0, 0.1) is 0 Å². The molecular weight excluding hydrogens is 326 g/mol. The minimum absolute atomic E-state index is 0.469. The van der Waals surface area contributed by atoms with Crippen LogP contribution in [-0.2, 0) is 13.2 Å². The molecule has 2 aromatic heterocycles. The van der Waals surface area contributed by atoms with Gasteiger partial charge in [0.2, 0.25) is 0 Å². The van der Waals surface area contributed by atoms with Crippen molar-refractivity contribution in [3.8, 4) is 5.75 Å². The van der Waals surface area contributed by atoms with Gasteiger partial charge in [-0.15, -0.1) is 11.3 Å². The molecule has 2 aromatic rings. The van der Waals surface area contributed by atoms with Gasteiger partial charge in [-0.3, -0.25) is 4.98 Å². The summed E-state index contributed by atoms with van der Waals surface area (Å²) in [6.07, 6.45) is 3.42. The molecule has 19 heavy (non-hydrogen) atoms. The van der Waals surface area contributed by atoms with Gasteiger partial charge < -0.3 is 10.1 Å². The third-order valence-corrected chi connectivity index (χ3v) is 3.66. The summed E-state index contributed by atoms with van der Waals surface area (Å²) in [6, 6.07) is 2.36. The molecule has 0 fully saturated rings. The van der Waals surface area contributed by atoms with Crippen LogP contribution in [0.5, 0.6) is 5.75 Å². The van der Waals surface area contributed by atoms with Crippen LogP contribution in [0.2, 0.25) is 0 Å². The maximum atomic E-state index is 5.64. The second-order valence-corrected chi connectivity index (χ2v) is 6.25. The molecule has 0 bridgehead atoms. The molecule has 0 aromatic carbocycles. The summed E-state index contributed by atoms with van der Waals surface area (Å²) >= 11 is 5.01. The number of ether oxygens (including phenoxy) is 1. The van der Waals surface area contributed by atoms with Crippen molar-refractivity contribution < 1.29 is 4.74 Å². The minimum atomic E-state index is 0.469. The number of aromatic nitrogens is 2. The summed E-state index contributed by atoms with van der Waals surface area (Å²) in [7, 11) is 0. The minimum Gasteiger partial charge on any atom is -0.486 e. The van der Waals surface area contributed by atoms with Crippen LogP contribution in [0.25, 0.3) is 0 Å². The quantitative estimate of drug-likeness (QED) is 0.874. The van der Waals surface area contributed by atoms with Crippen molar-refractivity contribution in [1.82, 2.24) is 15.3 Å². The van der Waals surface area contributed by atoms with Crippen molar-refractivity contribution in [2.45, 2.75) is 33.0 Å². The molecule has 0 amide bonds. The van der Waals surface area contributed by atoms with Gasteiger partial charge in [0.25, 0.3) is 0 Å². The van der Waals surface area contributed by atoms with Crippen LogP contribution in [-0.4, -0.2) is 16.0 Å². The second-order valence-electron chi connectivity index (χ2n) is 4.40. The first-order chi connectivity index (χ1) is 9.13. The Morgan fingerprint density at radius 1 is 1.42 bits per heavy atom.